The molecular formula is C17H14ClN. The van der Waals surface area contributed by atoms with Gasteiger partial charge in [-0.25, -0.2) is 0 Å². The number of fused-ring (bicyclic) bond motifs is 1. The van der Waals surface area contributed by atoms with Gasteiger partial charge in [0.2, 0.25) is 0 Å². The molecule has 0 amide bonds. The van der Waals surface area contributed by atoms with Gasteiger partial charge in [-0.3, -0.25) is 0 Å². The molecule has 19 heavy (non-hydrogen) atoms. The second kappa shape index (κ2) is 4.60. The summed E-state index contributed by atoms with van der Waals surface area (Å²) >= 11 is 5.99. The summed E-state index contributed by atoms with van der Waals surface area (Å²) in [5.41, 5.74) is 10.1. The van der Waals surface area contributed by atoms with Gasteiger partial charge in [-0.05, 0) is 46.5 Å². The maximum Gasteiger partial charge on any atom is 0.0635 e. The molecular weight excluding hydrogens is 254 g/mol. The third-order valence-corrected chi connectivity index (χ3v) is 3.79. The van der Waals surface area contributed by atoms with Crippen LogP contribution in [0.4, 0.5) is 5.69 Å². The smallest absolute Gasteiger partial charge is 0.0635 e. The van der Waals surface area contributed by atoms with E-state index in [0.29, 0.717) is 10.7 Å². The second-order valence-electron chi connectivity index (χ2n) is 4.71. The van der Waals surface area contributed by atoms with Crippen LogP contribution in [0.1, 0.15) is 5.56 Å². The van der Waals surface area contributed by atoms with E-state index in [2.05, 4.69) is 43.3 Å². The van der Waals surface area contributed by atoms with Crippen LogP contribution in [0.25, 0.3) is 21.9 Å². The van der Waals surface area contributed by atoms with Crippen molar-refractivity contribution in [2.45, 2.75) is 6.92 Å². The van der Waals surface area contributed by atoms with Crippen molar-refractivity contribution in [2.75, 3.05) is 5.73 Å². The molecule has 0 spiro atoms. The van der Waals surface area contributed by atoms with E-state index in [4.69, 9.17) is 17.3 Å². The Hall–Kier alpha value is -1.99. The number of halogens is 1. The number of anilines is 1. The molecule has 0 aliphatic rings. The van der Waals surface area contributed by atoms with Crippen LogP contribution in [-0.2, 0) is 0 Å². The van der Waals surface area contributed by atoms with E-state index in [1.807, 2.05) is 18.2 Å². The molecule has 0 unspecified atom stereocenters. The Balaban J connectivity index is 2.31. The van der Waals surface area contributed by atoms with Crippen LogP contribution in [0.2, 0.25) is 5.02 Å². The summed E-state index contributed by atoms with van der Waals surface area (Å²) in [5, 5.41) is 3.11. The van der Waals surface area contributed by atoms with E-state index in [-0.39, 0.29) is 0 Å². The lowest BCUT2D eigenvalue weighted by Gasteiger charge is -2.10. The van der Waals surface area contributed by atoms with Gasteiger partial charge in [-0.2, -0.15) is 0 Å². The Bertz CT molecular complexity index is 762. The van der Waals surface area contributed by atoms with Gasteiger partial charge in [0.1, 0.15) is 0 Å². The number of aryl methyl sites for hydroxylation is 1. The number of rotatable bonds is 1. The largest absolute Gasteiger partial charge is 0.398 e. The van der Waals surface area contributed by atoms with Crippen molar-refractivity contribution in [3.63, 3.8) is 0 Å². The highest BCUT2D eigenvalue weighted by Crippen LogP contribution is 2.33. The number of hydrogen-bond donors (Lipinski definition) is 1. The van der Waals surface area contributed by atoms with Gasteiger partial charge in [0.05, 0.1) is 10.7 Å². The Morgan fingerprint density at radius 3 is 2.37 bits per heavy atom. The average molecular weight is 268 g/mol. The third-order valence-electron chi connectivity index (χ3n) is 3.45. The lowest BCUT2D eigenvalue weighted by molar-refractivity contribution is 1.52. The molecule has 2 heteroatoms. The Morgan fingerprint density at radius 1 is 0.895 bits per heavy atom. The van der Waals surface area contributed by atoms with Crippen molar-refractivity contribution in [1.29, 1.82) is 0 Å². The van der Waals surface area contributed by atoms with Gasteiger partial charge in [0.25, 0.3) is 0 Å². The highest BCUT2D eigenvalue weighted by Gasteiger charge is 2.06. The van der Waals surface area contributed by atoms with Crippen LogP contribution in [0, 0.1) is 6.92 Å². The van der Waals surface area contributed by atoms with Gasteiger partial charge in [-0.1, -0.05) is 54.1 Å². The average Bonchev–Trinajstić information content (AvgIpc) is 2.43. The number of nitrogen functional groups attached to an aromatic ring is 1. The van der Waals surface area contributed by atoms with Crippen LogP contribution in [0.15, 0.2) is 54.6 Å². The number of benzene rings is 3. The summed E-state index contributed by atoms with van der Waals surface area (Å²) in [7, 11) is 0. The summed E-state index contributed by atoms with van der Waals surface area (Å²) in [6, 6.07) is 18.5. The van der Waals surface area contributed by atoms with Gasteiger partial charge >= 0.3 is 0 Å². The molecule has 2 N–H and O–H groups in total. The topological polar surface area (TPSA) is 26.0 Å². The minimum atomic E-state index is 0.597. The van der Waals surface area contributed by atoms with Gasteiger partial charge in [0, 0.05) is 0 Å². The monoisotopic (exact) mass is 267 g/mol. The molecule has 3 rings (SSSR count). The summed E-state index contributed by atoms with van der Waals surface area (Å²) in [6.07, 6.45) is 0. The molecule has 94 valence electrons. The Morgan fingerprint density at radius 2 is 1.63 bits per heavy atom. The minimum Gasteiger partial charge on any atom is -0.398 e. The molecule has 0 bridgehead atoms. The van der Waals surface area contributed by atoms with E-state index in [9.17, 15) is 0 Å². The van der Waals surface area contributed by atoms with Crippen LogP contribution in [0.5, 0.6) is 0 Å². The van der Waals surface area contributed by atoms with Gasteiger partial charge in [-0.15, -0.1) is 0 Å². The quantitative estimate of drug-likeness (QED) is 0.614. The zero-order valence-electron chi connectivity index (χ0n) is 10.7. The Kier molecular flexibility index (Phi) is 2.92. The van der Waals surface area contributed by atoms with E-state index in [0.717, 1.165) is 5.56 Å². The fraction of sp³-hybridized carbons (Fsp3) is 0.0588. The normalized spacial score (nSPS) is 10.8. The zero-order valence-corrected chi connectivity index (χ0v) is 11.4. The molecule has 0 saturated heterocycles. The first-order valence-corrected chi connectivity index (χ1v) is 6.58. The maximum atomic E-state index is 5.99. The van der Waals surface area contributed by atoms with Crippen LogP contribution < -0.4 is 5.73 Å². The zero-order chi connectivity index (χ0) is 13.4. The SMILES string of the molecule is Cc1ccc(-c2ccc(Cl)c(N)c2)c2ccccc12. The molecule has 1 nitrogen and oxygen atoms in total. The van der Waals surface area contributed by atoms with Crippen molar-refractivity contribution in [3.05, 3.63) is 65.2 Å². The van der Waals surface area contributed by atoms with Crippen molar-refractivity contribution in [1.82, 2.24) is 0 Å². The predicted molar refractivity (Wildman–Crippen MR) is 83.5 cm³/mol. The summed E-state index contributed by atoms with van der Waals surface area (Å²) in [4.78, 5) is 0. The van der Waals surface area contributed by atoms with E-state index in [1.165, 1.54) is 21.9 Å². The van der Waals surface area contributed by atoms with Crippen molar-refractivity contribution < 1.29 is 0 Å². The molecule has 0 radical (unpaired) electrons. The first-order valence-electron chi connectivity index (χ1n) is 6.20. The molecule has 3 aromatic rings. The summed E-state index contributed by atoms with van der Waals surface area (Å²) in [6.45, 7) is 2.13. The van der Waals surface area contributed by atoms with Crippen LogP contribution in [-0.4, -0.2) is 0 Å². The standard InChI is InChI=1S/C17H14ClN/c1-11-6-8-14(15-5-3-2-4-13(11)15)12-7-9-16(18)17(19)10-12/h2-10H,19H2,1H3. The van der Waals surface area contributed by atoms with Crippen LogP contribution in [0.3, 0.4) is 0 Å². The molecule has 0 atom stereocenters. The fourth-order valence-corrected chi connectivity index (χ4v) is 2.53. The van der Waals surface area contributed by atoms with Crippen LogP contribution >= 0.6 is 11.6 Å². The lowest BCUT2D eigenvalue weighted by atomic mass is 9.95. The Labute approximate surface area is 117 Å². The number of nitrogens with two attached hydrogens (primary N) is 1. The van der Waals surface area contributed by atoms with Crippen molar-refractivity contribution >= 4 is 28.1 Å². The second-order valence-corrected chi connectivity index (χ2v) is 5.12. The molecule has 0 aliphatic heterocycles. The van der Waals surface area contributed by atoms with Gasteiger partial charge < -0.3 is 5.73 Å². The maximum absolute atomic E-state index is 5.99. The first-order chi connectivity index (χ1) is 9.16. The van der Waals surface area contributed by atoms with Gasteiger partial charge in [0.15, 0.2) is 0 Å². The molecule has 3 aromatic carbocycles. The lowest BCUT2D eigenvalue weighted by Crippen LogP contribution is -1.89. The predicted octanol–water partition coefficient (Wildman–Crippen LogP) is 5.05. The summed E-state index contributed by atoms with van der Waals surface area (Å²) in [5.74, 6) is 0. The third kappa shape index (κ3) is 2.06. The highest BCUT2D eigenvalue weighted by atomic mass is 35.5. The van der Waals surface area contributed by atoms with Crippen molar-refractivity contribution in [2.24, 2.45) is 0 Å². The molecule has 0 fully saturated rings. The van der Waals surface area contributed by atoms with E-state index >= 15 is 0 Å². The molecule has 0 heterocycles. The first kappa shape index (κ1) is 12.1. The summed E-state index contributed by atoms with van der Waals surface area (Å²) < 4.78 is 0. The fourth-order valence-electron chi connectivity index (χ4n) is 2.41. The minimum absolute atomic E-state index is 0.597. The number of hydrogen-bond acceptors (Lipinski definition) is 1. The molecule has 0 saturated carbocycles. The highest BCUT2D eigenvalue weighted by molar-refractivity contribution is 6.33. The van der Waals surface area contributed by atoms with E-state index < -0.39 is 0 Å². The van der Waals surface area contributed by atoms with Crippen molar-refractivity contribution in [3.8, 4) is 11.1 Å². The molecule has 0 aliphatic carbocycles. The van der Waals surface area contributed by atoms with E-state index in [1.54, 1.807) is 0 Å². The molecule has 0 aromatic heterocycles.